The first-order valence-electron chi connectivity index (χ1n) is 9.76. The highest BCUT2D eigenvalue weighted by Crippen LogP contribution is 2.38. The summed E-state index contributed by atoms with van der Waals surface area (Å²) in [6, 6.07) is 14.3. The van der Waals surface area contributed by atoms with Gasteiger partial charge in [0.2, 0.25) is 5.91 Å². The number of carbonyl (C=O) groups is 1. The summed E-state index contributed by atoms with van der Waals surface area (Å²) in [5.41, 5.74) is 3.75. The maximum atomic E-state index is 11.2. The van der Waals surface area contributed by atoms with Crippen molar-refractivity contribution in [2.75, 3.05) is 0 Å². The SMILES string of the molecule is CC(=O)NC(C)c1ccc(C2CCC(Cc3ccc(O)c(Cl)c3)CC2)cc1. The molecule has 3 nitrogen and oxygen atoms in total. The maximum Gasteiger partial charge on any atom is 0.217 e. The number of benzene rings is 2. The fourth-order valence-corrected chi connectivity index (χ4v) is 4.36. The molecule has 0 saturated heterocycles. The maximum absolute atomic E-state index is 11.2. The zero-order valence-electron chi connectivity index (χ0n) is 16.0. The summed E-state index contributed by atoms with van der Waals surface area (Å²) in [6.45, 7) is 3.56. The Morgan fingerprint density at radius 3 is 2.41 bits per heavy atom. The molecule has 4 heteroatoms. The van der Waals surface area contributed by atoms with E-state index in [9.17, 15) is 9.90 Å². The van der Waals surface area contributed by atoms with Crippen LogP contribution in [0.25, 0.3) is 0 Å². The van der Waals surface area contributed by atoms with Gasteiger partial charge < -0.3 is 10.4 Å². The van der Waals surface area contributed by atoms with Gasteiger partial charge in [-0.1, -0.05) is 41.9 Å². The van der Waals surface area contributed by atoms with Crippen molar-refractivity contribution in [2.45, 2.75) is 57.9 Å². The quantitative estimate of drug-likeness (QED) is 0.687. The van der Waals surface area contributed by atoms with E-state index in [1.165, 1.54) is 36.8 Å². The Morgan fingerprint density at radius 1 is 1.15 bits per heavy atom. The number of amides is 1. The second kappa shape index (κ2) is 8.79. The summed E-state index contributed by atoms with van der Waals surface area (Å²) >= 11 is 6.02. The molecule has 27 heavy (non-hydrogen) atoms. The number of hydrogen-bond donors (Lipinski definition) is 2. The van der Waals surface area contributed by atoms with Gasteiger partial charge in [-0.2, -0.15) is 0 Å². The standard InChI is InChI=1S/C23H28ClNO2/c1-15(25-16(2)26)19-8-10-21(11-9-19)20-6-3-17(4-7-20)13-18-5-12-23(27)22(24)14-18/h5,8-12,14-15,17,20,27H,3-4,6-7,13H2,1-2H3,(H,25,26). The Bertz CT molecular complexity index is 779. The minimum absolute atomic E-state index is 0.000171. The highest BCUT2D eigenvalue weighted by atomic mass is 35.5. The van der Waals surface area contributed by atoms with Crippen molar-refractivity contribution in [1.82, 2.24) is 5.32 Å². The van der Waals surface area contributed by atoms with E-state index in [0.29, 0.717) is 16.9 Å². The van der Waals surface area contributed by atoms with Crippen molar-refractivity contribution in [2.24, 2.45) is 5.92 Å². The van der Waals surface area contributed by atoms with E-state index in [4.69, 9.17) is 11.6 Å². The molecule has 0 aliphatic heterocycles. The van der Waals surface area contributed by atoms with E-state index in [1.54, 1.807) is 13.0 Å². The van der Waals surface area contributed by atoms with E-state index < -0.39 is 0 Å². The third-order valence-electron chi connectivity index (χ3n) is 5.71. The fourth-order valence-electron chi connectivity index (χ4n) is 4.16. The molecule has 1 fully saturated rings. The summed E-state index contributed by atoms with van der Waals surface area (Å²) in [5, 5.41) is 12.9. The predicted molar refractivity (Wildman–Crippen MR) is 110 cm³/mol. The van der Waals surface area contributed by atoms with Crippen molar-refractivity contribution in [3.05, 3.63) is 64.2 Å². The van der Waals surface area contributed by atoms with Gasteiger partial charge in [0.25, 0.3) is 0 Å². The van der Waals surface area contributed by atoms with Crippen LogP contribution in [0, 0.1) is 5.92 Å². The summed E-state index contributed by atoms with van der Waals surface area (Å²) in [6.07, 6.45) is 5.87. The van der Waals surface area contributed by atoms with Gasteiger partial charge in [-0.3, -0.25) is 4.79 Å². The van der Waals surface area contributed by atoms with Crippen LogP contribution in [0.5, 0.6) is 5.75 Å². The first kappa shape index (κ1) is 19.8. The minimum atomic E-state index is -0.000171. The molecule has 2 aromatic rings. The zero-order valence-corrected chi connectivity index (χ0v) is 16.8. The van der Waals surface area contributed by atoms with Crippen LogP contribution in [0.4, 0.5) is 0 Å². The van der Waals surface area contributed by atoms with Gasteiger partial charge in [0.15, 0.2) is 0 Å². The molecule has 2 N–H and O–H groups in total. The van der Waals surface area contributed by atoms with Crippen LogP contribution in [0.15, 0.2) is 42.5 Å². The van der Waals surface area contributed by atoms with Crippen molar-refractivity contribution in [1.29, 1.82) is 0 Å². The molecule has 1 saturated carbocycles. The van der Waals surface area contributed by atoms with Crippen LogP contribution in [0.1, 0.15) is 68.2 Å². The lowest BCUT2D eigenvalue weighted by Gasteiger charge is -2.29. The van der Waals surface area contributed by atoms with Crippen LogP contribution < -0.4 is 5.32 Å². The molecule has 1 unspecified atom stereocenters. The highest BCUT2D eigenvalue weighted by molar-refractivity contribution is 6.32. The van der Waals surface area contributed by atoms with E-state index in [1.807, 2.05) is 19.1 Å². The largest absolute Gasteiger partial charge is 0.506 e. The van der Waals surface area contributed by atoms with Gasteiger partial charge in [0.1, 0.15) is 5.75 Å². The van der Waals surface area contributed by atoms with Gasteiger partial charge in [-0.15, -0.1) is 0 Å². The normalized spacial score (nSPS) is 20.9. The highest BCUT2D eigenvalue weighted by Gasteiger charge is 2.23. The second-order valence-electron chi connectivity index (χ2n) is 7.80. The average Bonchev–Trinajstić information content (AvgIpc) is 2.65. The van der Waals surface area contributed by atoms with E-state index in [-0.39, 0.29) is 17.7 Å². The van der Waals surface area contributed by atoms with Crippen LogP contribution in [0.3, 0.4) is 0 Å². The van der Waals surface area contributed by atoms with Crippen LogP contribution >= 0.6 is 11.6 Å². The molecule has 144 valence electrons. The first-order valence-corrected chi connectivity index (χ1v) is 10.1. The van der Waals surface area contributed by atoms with Gasteiger partial charge >= 0.3 is 0 Å². The van der Waals surface area contributed by atoms with Crippen molar-refractivity contribution in [3.63, 3.8) is 0 Å². The molecule has 1 atom stereocenters. The molecule has 0 spiro atoms. The predicted octanol–water partition coefficient (Wildman–Crippen LogP) is 5.76. The molecule has 2 aromatic carbocycles. The summed E-state index contributed by atoms with van der Waals surface area (Å²) in [7, 11) is 0. The van der Waals surface area contributed by atoms with Crippen molar-refractivity contribution < 1.29 is 9.90 Å². The molecule has 0 radical (unpaired) electrons. The van der Waals surface area contributed by atoms with Gasteiger partial charge in [-0.25, -0.2) is 0 Å². The Balaban J connectivity index is 1.54. The molecule has 1 aliphatic carbocycles. The number of phenols is 1. The number of nitrogens with one attached hydrogen (secondary N) is 1. The Hall–Kier alpha value is -2.00. The summed E-state index contributed by atoms with van der Waals surface area (Å²) < 4.78 is 0. The molecule has 1 amide bonds. The lowest BCUT2D eigenvalue weighted by molar-refractivity contribution is -0.119. The Labute approximate surface area is 166 Å². The van der Waals surface area contributed by atoms with E-state index in [0.717, 1.165) is 12.0 Å². The summed E-state index contributed by atoms with van der Waals surface area (Å²) in [4.78, 5) is 11.2. The molecular formula is C23H28ClNO2. The van der Waals surface area contributed by atoms with E-state index >= 15 is 0 Å². The second-order valence-corrected chi connectivity index (χ2v) is 8.20. The lowest BCUT2D eigenvalue weighted by Crippen LogP contribution is -2.23. The van der Waals surface area contributed by atoms with Crippen LogP contribution in [-0.4, -0.2) is 11.0 Å². The van der Waals surface area contributed by atoms with E-state index in [2.05, 4.69) is 29.6 Å². The van der Waals surface area contributed by atoms with Gasteiger partial charge in [0.05, 0.1) is 11.1 Å². The average molecular weight is 386 g/mol. The number of hydrogen-bond acceptors (Lipinski definition) is 2. The smallest absolute Gasteiger partial charge is 0.217 e. The topological polar surface area (TPSA) is 49.3 Å². The third-order valence-corrected chi connectivity index (χ3v) is 6.01. The molecular weight excluding hydrogens is 358 g/mol. The minimum Gasteiger partial charge on any atom is -0.506 e. The molecule has 0 aromatic heterocycles. The van der Waals surface area contributed by atoms with Crippen molar-refractivity contribution in [3.8, 4) is 5.75 Å². The first-order chi connectivity index (χ1) is 12.9. The molecule has 0 bridgehead atoms. The summed E-state index contributed by atoms with van der Waals surface area (Å²) in [5.74, 6) is 1.45. The van der Waals surface area contributed by atoms with Crippen LogP contribution in [-0.2, 0) is 11.2 Å². The molecule has 3 rings (SSSR count). The van der Waals surface area contributed by atoms with Crippen LogP contribution in [0.2, 0.25) is 5.02 Å². The Kier molecular flexibility index (Phi) is 6.43. The molecule has 0 heterocycles. The van der Waals surface area contributed by atoms with Crippen molar-refractivity contribution >= 4 is 17.5 Å². The monoisotopic (exact) mass is 385 g/mol. The lowest BCUT2D eigenvalue weighted by atomic mass is 9.76. The number of halogens is 1. The molecule has 1 aliphatic rings. The number of rotatable bonds is 5. The number of aromatic hydroxyl groups is 1. The Morgan fingerprint density at radius 2 is 1.81 bits per heavy atom. The number of carbonyl (C=O) groups excluding carboxylic acids is 1. The number of phenolic OH excluding ortho intramolecular Hbond substituents is 1. The van der Waals surface area contributed by atoms with Gasteiger partial charge in [0, 0.05) is 6.92 Å². The third kappa shape index (κ3) is 5.26. The van der Waals surface area contributed by atoms with Gasteiger partial charge in [-0.05, 0) is 79.7 Å². The zero-order chi connectivity index (χ0) is 19.4. The fraction of sp³-hybridized carbons (Fsp3) is 0.435.